The summed E-state index contributed by atoms with van der Waals surface area (Å²) in [7, 11) is 3.30. The van der Waals surface area contributed by atoms with Crippen LogP contribution in [0.3, 0.4) is 0 Å². The van der Waals surface area contributed by atoms with Crippen molar-refractivity contribution in [2.24, 2.45) is 7.05 Å². The quantitative estimate of drug-likeness (QED) is 0.421. The normalized spacial score (nSPS) is 12.5. The summed E-state index contributed by atoms with van der Waals surface area (Å²) in [6.45, 7) is 5.40. The minimum atomic E-state index is -0.733. The molecule has 9 heteroatoms. The molecular formula is C25H33N5O4. The van der Waals surface area contributed by atoms with Gasteiger partial charge in [0.25, 0.3) is 5.91 Å². The van der Waals surface area contributed by atoms with Crippen molar-refractivity contribution in [1.82, 2.24) is 19.9 Å². The summed E-state index contributed by atoms with van der Waals surface area (Å²) < 4.78 is 6.78. The number of fused-ring (bicyclic) bond motifs is 1. The zero-order valence-corrected chi connectivity index (χ0v) is 20.4. The number of amides is 2. The molecule has 3 N–H and O–H groups in total. The van der Waals surface area contributed by atoms with Crippen LogP contribution in [0.25, 0.3) is 22.4 Å². The summed E-state index contributed by atoms with van der Waals surface area (Å²) in [6.07, 6.45) is 5.54. The van der Waals surface area contributed by atoms with Crippen LogP contribution in [-0.2, 0) is 16.6 Å². The first-order valence-electron chi connectivity index (χ1n) is 11.3. The highest BCUT2D eigenvalue weighted by molar-refractivity contribution is 6.08. The Balaban J connectivity index is 1.95. The number of nitrogens with one attached hydrogen (secondary N) is 2. The SMILES string of the molecule is COCC(=O)Nc1cc(C(=O)N[C@@H](C)CCCC(C)(C)O)c2c(c1)nc(-c1ccncc1)n2C. The number of pyridine rings is 1. The Morgan fingerprint density at radius 2 is 1.94 bits per heavy atom. The molecule has 0 bridgehead atoms. The van der Waals surface area contributed by atoms with E-state index in [9.17, 15) is 14.7 Å². The van der Waals surface area contributed by atoms with Crippen LogP contribution in [0, 0.1) is 0 Å². The minimum Gasteiger partial charge on any atom is -0.390 e. The number of anilines is 1. The first-order valence-corrected chi connectivity index (χ1v) is 11.3. The lowest BCUT2D eigenvalue weighted by molar-refractivity contribution is -0.119. The number of carbonyl (C=O) groups excluding carboxylic acids is 2. The van der Waals surface area contributed by atoms with Gasteiger partial charge in [-0.25, -0.2) is 4.98 Å². The summed E-state index contributed by atoms with van der Waals surface area (Å²) >= 11 is 0. The summed E-state index contributed by atoms with van der Waals surface area (Å²) in [5, 5.41) is 15.8. The molecule has 34 heavy (non-hydrogen) atoms. The van der Waals surface area contributed by atoms with Gasteiger partial charge in [-0.15, -0.1) is 0 Å². The molecule has 0 spiro atoms. The highest BCUT2D eigenvalue weighted by Crippen LogP contribution is 2.29. The molecule has 3 rings (SSSR count). The van der Waals surface area contributed by atoms with E-state index in [2.05, 4.69) is 15.6 Å². The van der Waals surface area contributed by atoms with Crippen LogP contribution in [0.2, 0.25) is 0 Å². The third-order valence-corrected chi connectivity index (χ3v) is 5.51. The molecule has 0 saturated heterocycles. The van der Waals surface area contributed by atoms with Gasteiger partial charge >= 0.3 is 0 Å². The summed E-state index contributed by atoms with van der Waals surface area (Å²) in [4.78, 5) is 34.3. The number of benzene rings is 1. The maximum Gasteiger partial charge on any atom is 0.253 e. The van der Waals surface area contributed by atoms with Gasteiger partial charge < -0.3 is 25.0 Å². The maximum absolute atomic E-state index is 13.3. The monoisotopic (exact) mass is 467 g/mol. The number of imidazole rings is 1. The number of methoxy groups -OCH3 is 1. The molecule has 0 saturated carbocycles. The van der Waals surface area contributed by atoms with Crippen LogP contribution in [0.4, 0.5) is 5.69 Å². The van der Waals surface area contributed by atoms with E-state index in [0.29, 0.717) is 34.5 Å². The van der Waals surface area contributed by atoms with E-state index in [1.165, 1.54) is 7.11 Å². The molecule has 0 fully saturated rings. The standard InChI is InChI=1S/C25H33N5O4/c1-16(7-6-10-25(2,3)33)27-24(32)19-13-18(28-21(31)15-34-5)14-20-22(19)30(4)23(29-20)17-8-11-26-12-9-17/h8-9,11-14,16,33H,6-7,10,15H2,1-5H3,(H,27,32)(H,28,31)/t16-/m0/s1. The third kappa shape index (κ3) is 6.39. The zero-order valence-electron chi connectivity index (χ0n) is 20.4. The number of hydrogen-bond acceptors (Lipinski definition) is 6. The van der Waals surface area contributed by atoms with Crippen molar-refractivity contribution in [3.05, 3.63) is 42.2 Å². The van der Waals surface area contributed by atoms with Gasteiger partial charge in [0, 0.05) is 43.8 Å². The van der Waals surface area contributed by atoms with E-state index < -0.39 is 5.60 Å². The minimum absolute atomic E-state index is 0.0930. The largest absolute Gasteiger partial charge is 0.390 e. The molecule has 1 aromatic carbocycles. The van der Waals surface area contributed by atoms with Gasteiger partial charge in [0.05, 0.1) is 22.2 Å². The second kappa shape index (κ2) is 10.8. The Hall–Kier alpha value is -3.30. The Labute approximate surface area is 199 Å². The molecule has 2 heterocycles. The van der Waals surface area contributed by atoms with Gasteiger partial charge in [0.15, 0.2) is 0 Å². The molecule has 0 radical (unpaired) electrons. The first-order chi connectivity index (χ1) is 16.1. The van der Waals surface area contributed by atoms with Crippen molar-refractivity contribution in [3.8, 4) is 11.4 Å². The predicted molar refractivity (Wildman–Crippen MR) is 132 cm³/mol. The van der Waals surface area contributed by atoms with E-state index >= 15 is 0 Å². The molecule has 9 nitrogen and oxygen atoms in total. The zero-order chi connectivity index (χ0) is 24.9. The van der Waals surface area contributed by atoms with Crippen LogP contribution in [0.5, 0.6) is 0 Å². The van der Waals surface area contributed by atoms with Gasteiger partial charge in [-0.2, -0.15) is 0 Å². The number of rotatable bonds is 10. The first kappa shape index (κ1) is 25.3. The molecule has 2 amide bonds. The van der Waals surface area contributed by atoms with Crippen LogP contribution in [0.15, 0.2) is 36.7 Å². The lowest BCUT2D eigenvalue weighted by atomic mass is 9.99. The maximum atomic E-state index is 13.3. The fourth-order valence-electron chi connectivity index (χ4n) is 3.90. The van der Waals surface area contributed by atoms with E-state index in [1.54, 1.807) is 38.4 Å². The molecule has 1 atom stereocenters. The predicted octanol–water partition coefficient (Wildman–Crippen LogP) is 3.28. The smallest absolute Gasteiger partial charge is 0.253 e. The van der Waals surface area contributed by atoms with E-state index in [-0.39, 0.29) is 24.5 Å². The number of carbonyl (C=O) groups is 2. The second-order valence-corrected chi connectivity index (χ2v) is 9.18. The van der Waals surface area contributed by atoms with Crippen LogP contribution in [-0.4, -0.2) is 56.8 Å². The number of nitrogens with zero attached hydrogens (tertiary/aromatic N) is 3. The Kier molecular flexibility index (Phi) is 8.01. The lowest BCUT2D eigenvalue weighted by Crippen LogP contribution is -2.33. The number of hydrogen-bond donors (Lipinski definition) is 3. The van der Waals surface area contributed by atoms with E-state index in [4.69, 9.17) is 9.72 Å². The van der Waals surface area contributed by atoms with Crippen molar-refractivity contribution in [3.63, 3.8) is 0 Å². The van der Waals surface area contributed by atoms with Crippen molar-refractivity contribution in [2.45, 2.75) is 51.7 Å². The van der Waals surface area contributed by atoms with Gasteiger partial charge in [-0.05, 0) is 64.3 Å². The third-order valence-electron chi connectivity index (χ3n) is 5.51. The fourth-order valence-corrected chi connectivity index (χ4v) is 3.90. The Morgan fingerprint density at radius 3 is 2.59 bits per heavy atom. The fraction of sp³-hybridized carbons (Fsp3) is 0.440. The summed E-state index contributed by atoms with van der Waals surface area (Å²) in [6, 6.07) is 7.02. The number of aryl methyl sites for hydroxylation is 1. The average molecular weight is 468 g/mol. The number of aromatic nitrogens is 3. The van der Waals surface area contributed by atoms with Crippen LogP contribution in [0.1, 0.15) is 50.4 Å². The van der Waals surface area contributed by atoms with E-state index in [0.717, 1.165) is 18.4 Å². The van der Waals surface area contributed by atoms with Gasteiger partial charge in [-0.3, -0.25) is 14.6 Å². The van der Waals surface area contributed by atoms with Gasteiger partial charge in [0.2, 0.25) is 5.91 Å². The molecule has 0 aliphatic heterocycles. The molecule has 3 aromatic rings. The van der Waals surface area contributed by atoms with Gasteiger partial charge in [0.1, 0.15) is 12.4 Å². The Bertz CT molecular complexity index is 1150. The molecule has 182 valence electrons. The summed E-state index contributed by atoms with van der Waals surface area (Å²) in [5.41, 5.74) is 2.26. The van der Waals surface area contributed by atoms with Crippen molar-refractivity contribution in [2.75, 3.05) is 19.0 Å². The Morgan fingerprint density at radius 1 is 1.24 bits per heavy atom. The van der Waals surface area contributed by atoms with Crippen LogP contribution >= 0.6 is 0 Å². The average Bonchev–Trinajstić information content (AvgIpc) is 3.09. The number of aliphatic hydroxyl groups is 1. The molecular weight excluding hydrogens is 434 g/mol. The topological polar surface area (TPSA) is 118 Å². The number of ether oxygens (including phenoxy) is 1. The lowest BCUT2D eigenvalue weighted by Gasteiger charge is -2.19. The highest BCUT2D eigenvalue weighted by atomic mass is 16.5. The van der Waals surface area contributed by atoms with Crippen LogP contribution < -0.4 is 10.6 Å². The van der Waals surface area contributed by atoms with Crippen molar-refractivity contribution < 1.29 is 19.4 Å². The second-order valence-electron chi connectivity index (χ2n) is 9.18. The van der Waals surface area contributed by atoms with Crippen molar-refractivity contribution in [1.29, 1.82) is 0 Å². The molecule has 0 aliphatic rings. The van der Waals surface area contributed by atoms with Gasteiger partial charge in [-0.1, -0.05) is 0 Å². The molecule has 0 unspecified atom stereocenters. The van der Waals surface area contributed by atoms with E-state index in [1.807, 2.05) is 30.7 Å². The van der Waals surface area contributed by atoms with Crippen molar-refractivity contribution >= 4 is 28.5 Å². The summed E-state index contributed by atoms with van der Waals surface area (Å²) in [5.74, 6) is 0.108. The molecule has 2 aromatic heterocycles. The molecule has 0 aliphatic carbocycles. The highest BCUT2D eigenvalue weighted by Gasteiger charge is 2.21.